The fourth-order valence-corrected chi connectivity index (χ4v) is 4.73. The van der Waals surface area contributed by atoms with Gasteiger partial charge in [-0.2, -0.15) is 4.31 Å². The minimum atomic E-state index is -3.43. The van der Waals surface area contributed by atoms with Gasteiger partial charge in [-0.15, -0.1) is 0 Å². The highest BCUT2D eigenvalue weighted by Crippen LogP contribution is 2.27. The summed E-state index contributed by atoms with van der Waals surface area (Å²) in [5, 5.41) is 0.198. The number of nitrogens with zero attached hydrogens (tertiary/aromatic N) is 3. The Morgan fingerprint density at radius 3 is 2.95 bits per heavy atom. The van der Waals surface area contributed by atoms with Gasteiger partial charge in [0.15, 0.2) is 5.03 Å². The number of nitrogens with one attached hydrogen (secondary N) is 1. The predicted octanol–water partition coefficient (Wildman–Crippen LogP) is 0.657. The molecule has 7 heteroatoms. The number of aromatic nitrogens is 2. The molecule has 6 nitrogen and oxygen atoms in total. The summed E-state index contributed by atoms with van der Waals surface area (Å²) in [6.45, 7) is 4.52. The van der Waals surface area contributed by atoms with Crippen LogP contribution in [0.4, 0.5) is 0 Å². The number of hydrogen-bond donors (Lipinski definition) is 1. The third-order valence-electron chi connectivity index (χ3n) is 4.19. The second-order valence-corrected chi connectivity index (χ2v) is 7.34. The number of fused-ring (bicyclic) bond motifs is 1. The number of piperidine rings is 1. The van der Waals surface area contributed by atoms with Crippen LogP contribution >= 0.6 is 0 Å². The quantitative estimate of drug-likeness (QED) is 0.866. The Morgan fingerprint density at radius 2 is 2.21 bits per heavy atom. The van der Waals surface area contributed by atoms with Crippen molar-refractivity contribution in [2.24, 2.45) is 0 Å². The minimum Gasteiger partial charge on any atom is -0.335 e. The molecule has 0 aromatic carbocycles. The Morgan fingerprint density at radius 1 is 1.37 bits per heavy atom. The van der Waals surface area contributed by atoms with E-state index in [9.17, 15) is 8.42 Å². The average Bonchev–Trinajstić information content (AvgIpc) is 2.92. The van der Waals surface area contributed by atoms with Crippen molar-refractivity contribution < 1.29 is 8.42 Å². The van der Waals surface area contributed by atoms with E-state index >= 15 is 0 Å². The van der Waals surface area contributed by atoms with E-state index in [1.807, 2.05) is 6.92 Å². The smallest absolute Gasteiger partial charge is 0.260 e. The molecule has 1 aromatic rings. The molecular weight excluding hydrogens is 264 g/mol. The van der Waals surface area contributed by atoms with Gasteiger partial charge in [-0.3, -0.25) is 4.90 Å². The molecule has 3 rings (SSSR count). The number of rotatable bonds is 2. The summed E-state index contributed by atoms with van der Waals surface area (Å²) in [4.78, 5) is 8.97. The second-order valence-electron chi connectivity index (χ2n) is 5.48. The third kappa shape index (κ3) is 2.30. The van der Waals surface area contributed by atoms with E-state index in [1.54, 1.807) is 4.31 Å². The van der Waals surface area contributed by atoms with Crippen LogP contribution < -0.4 is 0 Å². The highest BCUT2D eigenvalue weighted by Gasteiger charge is 2.39. The SMILES string of the molecule is CC1CN2CCCCC2CN1S(=O)(=O)c1cnc[nH]1. The molecule has 2 aliphatic heterocycles. The Bertz CT molecular complexity index is 528. The van der Waals surface area contributed by atoms with E-state index < -0.39 is 10.0 Å². The summed E-state index contributed by atoms with van der Waals surface area (Å²) in [5.74, 6) is 0. The fourth-order valence-electron chi connectivity index (χ4n) is 3.17. The maximum absolute atomic E-state index is 12.6. The summed E-state index contributed by atoms with van der Waals surface area (Å²) >= 11 is 0. The molecule has 1 aromatic heterocycles. The normalized spacial score (nSPS) is 30.2. The molecule has 0 bridgehead atoms. The van der Waals surface area contributed by atoms with Crippen molar-refractivity contribution in [2.45, 2.75) is 43.3 Å². The molecule has 19 heavy (non-hydrogen) atoms. The van der Waals surface area contributed by atoms with Gasteiger partial charge in [-0.1, -0.05) is 6.42 Å². The maximum atomic E-state index is 12.6. The topological polar surface area (TPSA) is 69.3 Å². The molecule has 0 saturated carbocycles. The zero-order chi connectivity index (χ0) is 13.5. The molecule has 0 spiro atoms. The zero-order valence-corrected chi connectivity index (χ0v) is 11.9. The minimum absolute atomic E-state index is 0.0163. The summed E-state index contributed by atoms with van der Waals surface area (Å²) in [5.41, 5.74) is 0. The number of hydrogen-bond acceptors (Lipinski definition) is 4. The van der Waals surface area contributed by atoms with E-state index in [0.717, 1.165) is 19.5 Å². The fraction of sp³-hybridized carbons (Fsp3) is 0.750. The van der Waals surface area contributed by atoms with Gasteiger partial charge in [-0.05, 0) is 26.3 Å². The number of imidazole rings is 1. The molecule has 106 valence electrons. The van der Waals surface area contributed by atoms with Crippen molar-refractivity contribution in [3.05, 3.63) is 12.5 Å². The van der Waals surface area contributed by atoms with Gasteiger partial charge in [0.2, 0.25) is 0 Å². The molecule has 0 amide bonds. The molecule has 0 aliphatic carbocycles. The van der Waals surface area contributed by atoms with Gasteiger partial charge >= 0.3 is 0 Å². The van der Waals surface area contributed by atoms with E-state index in [-0.39, 0.29) is 11.1 Å². The van der Waals surface area contributed by atoms with Crippen molar-refractivity contribution in [1.29, 1.82) is 0 Å². The van der Waals surface area contributed by atoms with E-state index in [1.165, 1.54) is 25.4 Å². The van der Waals surface area contributed by atoms with Crippen LogP contribution in [0.3, 0.4) is 0 Å². The monoisotopic (exact) mass is 284 g/mol. The van der Waals surface area contributed by atoms with Crippen molar-refractivity contribution in [3.63, 3.8) is 0 Å². The first kappa shape index (κ1) is 13.1. The second kappa shape index (κ2) is 4.88. The predicted molar refractivity (Wildman–Crippen MR) is 71.2 cm³/mol. The van der Waals surface area contributed by atoms with Gasteiger partial charge in [0, 0.05) is 25.2 Å². The van der Waals surface area contributed by atoms with Gasteiger partial charge in [-0.25, -0.2) is 13.4 Å². The first-order valence-electron chi connectivity index (χ1n) is 6.83. The molecule has 3 heterocycles. The third-order valence-corrected chi connectivity index (χ3v) is 6.10. The van der Waals surface area contributed by atoms with Crippen LogP contribution in [-0.2, 0) is 10.0 Å². The number of aromatic amines is 1. The van der Waals surface area contributed by atoms with Crippen LogP contribution in [-0.4, -0.2) is 59.3 Å². The summed E-state index contributed by atoms with van der Waals surface area (Å²) < 4.78 is 26.8. The molecule has 2 atom stereocenters. The van der Waals surface area contributed by atoms with E-state index in [2.05, 4.69) is 14.9 Å². The molecule has 2 fully saturated rings. The Labute approximate surface area is 113 Å². The van der Waals surface area contributed by atoms with Gasteiger partial charge in [0.05, 0.1) is 12.5 Å². The van der Waals surface area contributed by atoms with Crippen LogP contribution in [0.15, 0.2) is 17.6 Å². The van der Waals surface area contributed by atoms with E-state index in [0.29, 0.717) is 12.6 Å². The number of piperazine rings is 1. The Hall–Kier alpha value is -0.920. The largest absolute Gasteiger partial charge is 0.335 e. The Kier molecular flexibility index (Phi) is 3.36. The van der Waals surface area contributed by atoms with E-state index in [4.69, 9.17) is 0 Å². The van der Waals surface area contributed by atoms with Crippen molar-refractivity contribution >= 4 is 10.0 Å². The zero-order valence-electron chi connectivity index (χ0n) is 11.1. The lowest BCUT2D eigenvalue weighted by Crippen LogP contribution is -2.59. The Balaban J connectivity index is 1.85. The average molecular weight is 284 g/mol. The lowest BCUT2D eigenvalue weighted by molar-refractivity contribution is 0.0563. The first-order chi connectivity index (χ1) is 9.09. The first-order valence-corrected chi connectivity index (χ1v) is 8.27. The highest BCUT2D eigenvalue weighted by atomic mass is 32.2. The lowest BCUT2D eigenvalue weighted by atomic mass is 9.99. The van der Waals surface area contributed by atoms with Crippen molar-refractivity contribution in [1.82, 2.24) is 19.2 Å². The van der Waals surface area contributed by atoms with Gasteiger partial charge in [0.1, 0.15) is 0 Å². The summed E-state index contributed by atoms with van der Waals surface area (Å²) in [6.07, 6.45) is 6.33. The number of sulfonamides is 1. The summed E-state index contributed by atoms with van der Waals surface area (Å²) in [7, 11) is -3.43. The van der Waals surface area contributed by atoms with Crippen LogP contribution in [0.2, 0.25) is 0 Å². The molecule has 0 radical (unpaired) electrons. The van der Waals surface area contributed by atoms with Crippen molar-refractivity contribution in [3.8, 4) is 0 Å². The lowest BCUT2D eigenvalue weighted by Gasteiger charge is -2.46. The van der Waals surface area contributed by atoms with Crippen LogP contribution in [0.1, 0.15) is 26.2 Å². The molecule has 2 aliphatic rings. The highest BCUT2D eigenvalue weighted by molar-refractivity contribution is 7.89. The van der Waals surface area contributed by atoms with Crippen LogP contribution in [0.5, 0.6) is 0 Å². The van der Waals surface area contributed by atoms with Crippen LogP contribution in [0.25, 0.3) is 0 Å². The molecule has 2 unspecified atom stereocenters. The van der Waals surface area contributed by atoms with Crippen molar-refractivity contribution in [2.75, 3.05) is 19.6 Å². The summed E-state index contributed by atoms with van der Waals surface area (Å²) in [6, 6.07) is 0.394. The standard InChI is InChI=1S/C12H20N4O2S/c1-10-7-15-5-3-2-4-11(15)8-16(10)19(17,18)12-6-13-9-14-12/h6,9-11H,2-5,7-8H2,1H3,(H,13,14). The number of H-pyrrole nitrogens is 1. The maximum Gasteiger partial charge on any atom is 0.260 e. The molecule has 2 saturated heterocycles. The van der Waals surface area contributed by atoms with Gasteiger partial charge in [0.25, 0.3) is 10.0 Å². The van der Waals surface area contributed by atoms with Crippen LogP contribution in [0, 0.1) is 0 Å². The molecular formula is C12H20N4O2S. The van der Waals surface area contributed by atoms with Gasteiger partial charge < -0.3 is 4.98 Å². The molecule has 1 N–H and O–H groups in total.